The van der Waals surface area contributed by atoms with Gasteiger partial charge in [-0.05, 0) is 86.8 Å². The zero-order valence-electron chi connectivity index (χ0n) is 18.1. The van der Waals surface area contributed by atoms with E-state index in [0.29, 0.717) is 0 Å². The number of hydrogen-bond acceptors (Lipinski definition) is 8. The molecule has 2 aliphatic rings. The normalized spacial score (nSPS) is 15.9. The molecule has 4 aromatic heterocycles. The maximum Gasteiger partial charge on any atom is 0.128 e. The summed E-state index contributed by atoms with van der Waals surface area (Å²) in [6.45, 7) is 0. The number of nitrogens with zero attached hydrogens (tertiary/aromatic N) is 4. The summed E-state index contributed by atoms with van der Waals surface area (Å²) >= 11 is 7.62. The standard InChI is InChI=1S/C24H26N4S4/c1-3-9-17-15(7-1)19-21(25-13-27-23(19)31-17)29-11-5-6-12-30-22-20-16-8-2-4-10-18(16)32-24(20)28-14-26-22/h13-14H,1-12H2. The zero-order valence-corrected chi connectivity index (χ0v) is 21.3. The van der Waals surface area contributed by atoms with Gasteiger partial charge in [-0.2, -0.15) is 0 Å². The van der Waals surface area contributed by atoms with Gasteiger partial charge in [-0.15, -0.1) is 46.2 Å². The third kappa shape index (κ3) is 4.08. The van der Waals surface area contributed by atoms with Crippen molar-refractivity contribution in [1.29, 1.82) is 0 Å². The minimum Gasteiger partial charge on any atom is -0.229 e. The summed E-state index contributed by atoms with van der Waals surface area (Å²) in [4.78, 5) is 23.9. The fraction of sp³-hybridized carbons (Fsp3) is 0.500. The molecule has 2 aliphatic carbocycles. The molecule has 0 bridgehead atoms. The molecule has 8 heteroatoms. The highest BCUT2D eigenvalue weighted by Gasteiger charge is 2.21. The first-order chi connectivity index (χ1) is 15.9. The van der Waals surface area contributed by atoms with Crippen LogP contribution in [0.5, 0.6) is 0 Å². The zero-order chi connectivity index (χ0) is 21.3. The van der Waals surface area contributed by atoms with Crippen molar-refractivity contribution in [3.05, 3.63) is 33.5 Å². The van der Waals surface area contributed by atoms with E-state index in [9.17, 15) is 0 Å². The molecule has 0 amide bonds. The number of aryl methyl sites for hydroxylation is 4. The molecule has 0 unspecified atom stereocenters. The molecule has 0 saturated heterocycles. The number of fused-ring (bicyclic) bond motifs is 6. The van der Waals surface area contributed by atoms with E-state index >= 15 is 0 Å². The SMILES string of the molecule is c1nc(SCCCCSc2ncnc3sc4c(c23)CCCC4)c2c3c(sc2n1)CCCC3. The summed E-state index contributed by atoms with van der Waals surface area (Å²) in [6, 6.07) is 0. The average Bonchev–Trinajstić information content (AvgIpc) is 3.40. The Morgan fingerprint density at radius 2 is 1.09 bits per heavy atom. The fourth-order valence-corrected chi connectivity index (χ4v) is 9.53. The molecule has 0 saturated carbocycles. The van der Waals surface area contributed by atoms with Gasteiger partial charge in [0.05, 0.1) is 0 Å². The van der Waals surface area contributed by atoms with E-state index in [1.54, 1.807) is 33.5 Å². The number of hydrogen-bond donors (Lipinski definition) is 0. The molecule has 0 N–H and O–H groups in total. The van der Waals surface area contributed by atoms with Gasteiger partial charge in [-0.25, -0.2) is 19.9 Å². The third-order valence-corrected chi connectivity index (χ3v) is 11.0. The molecule has 6 rings (SSSR count). The lowest BCUT2D eigenvalue weighted by Crippen LogP contribution is -1.99. The van der Waals surface area contributed by atoms with Crippen LogP contribution in [0, 0.1) is 0 Å². The summed E-state index contributed by atoms with van der Waals surface area (Å²) in [5.41, 5.74) is 3.09. The minimum absolute atomic E-state index is 1.12. The molecule has 4 aromatic rings. The quantitative estimate of drug-likeness (QED) is 0.154. The van der Waals surface area contributed by atoms with Crippen molar-refractivity contribution >= 4 is 66.6 Å². The van der Waals surface area contributed by atoms with Gasteiger partial charge in [0.15, 0.2) is 0 Å². The van der Waals surface area contributed by atoms with Crippen LogP contribution in [0.15, 0.2) is 22.7 Å². The Kier molecular flexibility index (Phi) is 6.37. The van der Waals surface area contributed by atoms with Crippen molar-refractivity contribution in [3.63, 3.8) is 0 Å². The number of unbranched alkanes of at least 4 members (excludes halogenated alkanes) is 1. The van der Waals surface area contributed by atoms with Gasteiger partial charge in [-0.1, -0.05) is 0 Å². The van der Waals surface area contributed by atoms with Gasteiger partial charge in [-0.3, -0.25) is 0 Å². The molecule has 166 valence electrons. The van der Waals surface area contributed by atoms with E-state index in [1.165, 1.54) is 94.7 Å². The predicted octanol–water partition coefficient (Wildman–Crippen LogP) is 7.12. The van der Waals surface area contributed by atoms with Gasteiger partial charge in [0.2, 0.25) is 0 Å². The highest BCUT2D eigenvalue weighted by molar-refractivity contribution is 7.99. The molecule has 0 spiro atoms. The molecule has 0 aromatic carbocycles. The summed E-state index contributed by atoms with van der Waals surface area (Å²) in [5, 5.41) is 5.11. The lowest BCUT2D eigenvalue weighted by Gasteiger charge is -2.11. The van der Waals surface area contributed by atoms with E-state index in [-0.39, 0.29) is 0 Å². The Balaban J connectivity index is 1.07. The van der Waals surface area contributed by atoms with Gasteiger partial charge >= 0.3 is 0 Å². The maximum absolute atomic E-state index is 4.66. The van der Waals surface area contributed by atoms with Crippen molar-refractivity contribution in [2.75, 3.05) is 11.5 Å². The maximum atomic E-state index is 4.66. The highest BCUT2D eigenvalue weighted by atomic mass is 32.2. The lowest BCUT2D eigenvalue weighted by atomic mass is 9.97. The largest absolute Gasteiger partial charge is 0.229 e. The summed E-state index contributed by atoms with van der Waals surface area (Å²) in [6.07, 6.45) is 16.0. The molecule has 0 aliphatic heterocycles. The van der Waals surface area contributed by atoms with E-state index in [2.05, 4.69) is 19.9 Å². The fourth-order valence-electron chi connectivity index (χ4n) is 4.88. The number of thiophene rings is 2. The smallest absolute Gasteiger partial charge is 0.128 e. The van der Waals surface area contributed by atoms with Gasteiger partial charge in [0.1, 0.15) is 32.4 Å². The van der Waals surface area contributed by atoms with Crippen molar-refractivity contribution in [2.24, 2.45) is 0 Å². The van der Waals surface area contributed by atoms with Gasteiger partial charge in [0.25, 0.3) is 0 Å². The highest BCUT2D eigenvalue weighted by Crippen LogP contribution is 2.40. The Labute approximate surface area is 205 Å². The van der Waals surface area contributed by atoms with E-state index in [4.69, 9.17) is 0 Å². The number of rotatable bonds is 7. The molecule has 4 nitrogen and oxygen atoms in total. The topological polar surface area (TPSA) is 51.6 Å². The molecule has 0 radical (unpaired) electrons. The van der Waals surface area contributed by atoms with Crippen LogP contribution < -0.4 is 0 Å². The van der Waals surface area contributed by atoms with Crippen LogP contribution in [0.4, 0.5) is 0 Å². The molecular formula is C24H26N4S4. The second kappa shape index (κ2) is 9.57. The van der Waals surface area contributed by atoms with Crippen LogP contribution in [0.2, 0.25) is 0 Å². The van der Waals surface area contributed by atoms with Crippen LogP contribution in [-0.4, -0.2) is 31.4 Å². The molecule has 0 fully saturated rings. The molecule has 32 heavy (non-hydrogen) atoms. The average molecular weight is 499 g/mol. The third-order valence-electron chi connectivity index (χ3n) is 6.45. The summed E-state index contributed by atoms with van der Waals surface area (Å²) < 4.78 is 0. The Morgan fingerprint density at radius 1 is 0.625 bits per heavy atom. The van der Waals surface area contributed by atoms with Crippen molar-refractivity contribution in [3.8, 4) is 0 Å². The van der Waals surface area contributed by atoms with Crippen LogP contribution in [0.1, 0.15) is 59.4 Å². The second-order valence-electron chi connectivity index (χ2n) is 8.54. The predicted molar refractivity (Wildman–Crippen MR) is 139 cm³/mol. The lowest BCUT2D eigenvalue weighted by molar-refractivity contribution is 0.699. The van der Waals surface area contributed by atoms with Crippen LogP contribution in [0.3, 0.4) is 0 Å². The Hall–Kier alpha value is -1.22. The van der Waals surface area contributed by atoms with E-state index < -0.39 is 0 Å². The van der Waals surface area contributed by atoms with Gasteiger partial charge < -0.3 is 0 Å². The van der Waals surface area contributed by atoms with Gasteiger partial charge in [0, 0.05) is 20.5 Å². The van der Waals surface area contributed by atoms with E-state index in [1.807, 2.05) is 46.2 Å². The van der Waals surface area contributed by atoms with Crippen molar-refractivity contribution in [2.45, 2.75) is 74.3 Å². The first-order valence-corrected chi connectivity index (χ1v) is 15.2. The van der Waals surface area contributed by atoms with Crippen molar-refractivity contribution < 1.29 is 0 Å². The summed E-state index contributed by atoms with van der Waals surface area (Å²) in [7, 11) is 0. The first-order valence-electron chi connectivity index (χ1n) is 11.6. The number of aromatic nitrogens is 4. The molecule has 4 heterocycles. The minimum atomic E-state index is 1.12. The Morgan fingerprint density at radius 3 is 1.59 bits per heavy atom. The van der Waals surface area contributed by atoms with Crippen LogP contribution >= 0.6 is 46.2 Å². The first kappa shape index (κ1) is 21.3. The second-order valence-corrected chi connectivity index (χ2v) is 12.9. The Bertz CT molecular complexity index is 1160. The number of thioether (sulfide) groups is 2. The van der Waals surface area contributed by atoms with Crippen molar-refractivity contribution in [1.82, 2.24) is 19.9 Å². The molecule has 0 atom stereocenters. The molecular weight excluding hydrogens is 473 g/mol. The van der Waals surface area contributed by atoms with E-state index in [0.717, 1.165) is 11.5 Å². The van der Waals surface area contributed by atoms with Crippen LogP contribution in [-0.2, 0) is 25.7 Å². The van der Waals surface area contributed by atoms with Crippen LogP contribution in [0.25, 0.3) is 20.4 Å². The monoisotopic (exact) mass is 498 g/mol. The summed E-state index contributed by atoms with van der Waals surface area (Å²) in [5.74, 6) is 2.23.